The summed E-state index contributed by atoms with van der Waals surface area (Å²) in [5, 5.41) is 13.6. The van der Waals surface area contributed by atoms with Crippen molar-refractivity contribution < 1.29 is 27.8 Å². The molecular weight excluding hydrogens is 484 g/mol. The third-order valence-electron chi connectivity index (χ3n) is 6.28. The van der Waals surface area contributed by atoms with Gasteiger partial charge in [0.2, 0.25) is 0 Å². The molecule has 0 bridgehead atoms. The van der Waals surface area contributed by atoms with Crippen LogP contribution in [0.2, 0.25) is 0 Å². The van der Waals surface area contributed by atoms with Gasteiger partial charge in [0.1, 0.15) is 11.5 Å². The summed E-state index contributed by atoms with van der Waals surface area (Å²) in [5.41, 5.74) is 1.60. The van der Waals surface area contributed by atoms with Gasteiger partial charge in [0.15, 0.2) is 5.03 Å². The van der Waals surface area contributed by atoms with Crippen LogP contribution in [0.3, 0.4) is 0 Å². The molecule has 4 rings (SSSR count). The highest BCUT2D eigenvalue weighted by atomic mass is 32.2. The molecule has 10 nitrogen and oxygen atoms in total. The van der Waals surface area contributed by atoms with E-state index in [1.165, 1.54) is 20.0 Å². The van der Waals surface area contributed by atoms with Gasteiger partial charge in [-0.3, -0.25) is 4.68 Å². The minimum atomic E-state index is -3.96. The molecule has 3 aromatic rings. The van der Waals surface area contributed by atoms with Crippen molar-refractivity contribution in [3.63, 3.8) is 0 Å². The fourth-order valence-corrected chi connectivity index (χ4v) is 5.65. The second kappa shape index (κ2) is 11.0. The van der Waals surface area contributed by atoms with Crippen molar-refractivity contribution in [3.05, 3.63) is 71.9 Å². The van der Waals surface area contributed by atoms with Gasteiger partial charge < -0.3 is 19.5 Å². The summed E-state index contributed by atoms with van der Waals surface area (Å²) < 4.78 is 40.7. The zero-order valence-corrected chi connectivity index (χ0v) is 21.1. The molecule has 1 aliphatic heterocycles. The van der Waals surface area contributed by atoms with Crippen molar-refractivity contribution in [2.75, 3.05) is 20.8 Å². The summed E-state index contributed by atoms with van der Waals surface area (Å²) in [6, 6.07) is 15.7. The third-order valence-corrected chi connectivity index (χ3v) is 7.96. The van der Waals surface area contributed by atoms with E-state index in [1.54, 1.807) is 44.7 Å². The molecule has 1 unspecified atom stereocenters. The molecule has 0 spiro atoms. The molecule has 36 heavy (non-hydrogen) atoms. The number of hydrogen-bond donors (Lipinski definition) is 1. The lowest BCUT2D eigenvalue weighted by Gasteiger charge is -2.22. The van der Waals surface area contributed by atoms with Crippen LogP contribution in [0.1, 0.15) is 24.0 Å². The van der Waals surface area contributed by atoms with Crippen molar-refractivity contribution in [3.8, 4) is 11.5 Å². The van der Waals surface area contributed by atoms with E-state index in [2.05, 4.69) is 5.10 Å². The van der Waals surface area contributed by atoms with Gasteiger partial charge in [0.05, 0.1) is 26.8 Å². The summed E-state index contributed by atoms with van der Waals surface area (Å²) in [6.07, 6.45) is 2.11. The fourth-order valence-electron chi connectivity index (χ4n) is 4.30. The summed E-state index contributed by atoms with van der Waals surface area (Å²) in [7, 11) is -0.810. The van der Waals surface area contributed by atoms with Crippen LogP contribution >= 0.6 is 0 Å². The van der Waals surface area contributed by atoms with Gasteiger partial charge in [0.25, 0.3) is 10.0 Å². The molecular formula is C25H30N4O6S. The monoisotopic (exact) mass is 514 g/mol. The highest BCUT2D eigenvalue weighted by molar-refractivity contribution is 7.89. The highest BCUT2D eigenvalue weighted by Crippen LogP contribution is 2.24. The van der Waals surface area contributed by atoms with E-state index < -0.39 is 16.1 Å². The van der Waals surface area contributed by atoms with Crippen molar-refractivity contribution in [2.45, 2.75) is 43.5 Å². The van der Waals surface area contributed by atoms with Crippen LogP contribution in [0, 0.1) is 0 Å². The van der Waals surface area contributed by atoms with Crippen molar-refractivity contribution >= 4 is 16.1 Å². The smallest absolute Gasteiger partial charge is 0.407 e. The molecule has 1 amide bonds. The molecule has 2 heterocycles. The lowest BCUT2D eigenvalue weighted by molar-refractivity contribution is 0.135. The second-order valence-corrected chi connectivity index (χ2v) is 10.5. The number of ether oxygens (including phenoxy) is 2. The molecule has 2 aromatic carbocycles. The SMILES string of the molecule is COc1ccc(CN(Cc2ccc(OC)cc2)S(=O)(=O)c2ccn(CC3CCCN3C(=O)O)n2)cc1. The predicted octanol–water partition coefficient (Wildman–Crippen LogP) is 3.43. The average molecular weight is 515 g/mol. The first kappa shape index (κ1) is 25.5. The molecule has 1 aromatic heterocycles. The van der Waals surface area contributed by atoms with Gasteiger partial charge in [-0.25, -0.2) is 13.2 Å². The molecule has 11 heteroatoms. The summed E-state index contributed by atoms with van der Waals surface area (Å²) in [5.74, 6) is 1.37. The van der Waals surface area contributed by atoms with Crippen molar-refractivity contribution in [1.82, 2.24) is 19.0 Å². The first-order valence-corrected chi connectivity index (χ1v) is 13.0. The Bertz CT molecular complexity index is 1230. The Hall–Kier alpha value is -3.57. The highest BCUT2D eigenvalue weighted by Gasteiger charge is 2.31. The van der Waals surface area contributed by atoms with Gasteiger partial charge >= 0.3 is 6.09 Å². The van der Waals surface area contributed by atoms with Crippen LogP contribution in [0.25, 0.3) is 0 Å². The third kappa shape index (κ3) is 5.80. The fraction of sp³-hybridized carbons (Fsp3) is 0.360. The van der Waals surface area contributed by atoms with E-state index in [1.807, 2.05) is 24.3 Å². The Balaban J connectivity index is 1.58. The molecule has 0 radical (unpaired) electrons. The molecule has 1 N–H and O–H groups in total. The van der Waals surface area contributed by atoms with E-state index in [4.69, 9.17) is 9.47 Å². The lowest BCUT2D eigenvalue weighted by Crippen LogP contribution is -2.37. The van der Waals surface area contributed by atoms with Gasteiger partial charge in [-0.2, -0.15) is 9.40 Å². The molecule has 1 atom stereocenters. The molecule has 0 aliphatic carbocycles. The van der Waals surface area contributed by atoms with Gasteiger partial charge in [-0.05, 0) is 54.3 Å². The summed E-state index contributed by atoms with van der Waals surface area (Å²) in [6.45, 7) is 1.06. The molecule has 0 saturated carbocycles. The number of carbonyl (C=O) groups is 1. The number of methoxy groups -OCH3 is 2. The van der Waals surface area contributed by atoms with E-state index in [0.29, 0.717) is 24.6 Å². The Labute approximate surface area is 210 Å². The van der Waals surface area contributed by atoms with Crippen LogP contribution in [-0.4, -0.2) is 65.4 Å². The van der Waals surface area contributed by atoms with Crippen LogP contribution in [0.15, 0.2) is 65.8 Å². The lowest BCUT2D eigenvalue weighted by atomic mass is 10.2. The number of likely N-dealkylation sites (tertiary alicyclic amines) is 1. The standard InChI is InChI=1S/C25H30N4O6S/c1-34-22-9-5-19(6-10-22)16-28(17-20-7-11-23(35-2)12-8-20)36(32,33)24-13-15-27(26-24)18-21-4-3-14-29(21)25(30)31/h5-13,15,21H,3-4,14,16-18H2,1-2H3,(H,30,31). The number of nitrogens with zero attached hydrogens (tertiary/aromatic N) is 4. The van der Waals surface area contributed by atoms with Crippen LogP contribution < -0.4 is 9.47 Å². The summed E-state index contributed by atoms with van der Waals surface area (Å²) in [4.78, 5) is 12.8. The zero-order valence-electron chi connectivity index (χ0n) is 20.3. The molecule has 1 fully saturated rings. The number of sulfonamides is 1. The zero-order chi connectivity index (χ0) is 25.7. The van der Waals surface area contributed by atoms with Crippen molar-refractivity contribution in [2.24, 2.45) is 0 Å². The van der Waals surface area contributed by atoms with E-state index in [-0.39, 0.29) is 24.2 Å². The van der Waals surface area contributed by atoms with Crippen LogP contribution in [0.4, 0.5) is 4.79 Å². The van der Waals surface area contributed by atoms with Gasteiger partial charge in [-0.15, -0.1) is 0 Å². The molecule has 1 saturated heterocycles. The first-order chi connectivity index (χ1) is 17.3. The average Bonchev–Trinajstić information content (AvgIpc) is 3.55. The molecule has 192 valence electrons. The topological polar surface area (TPSA) is 114 Å². The number of amides is 1. The second-order valence-electron chi connectivity index (χ2n) is 8.62. The molecule has 1 aliphatic rings. The number of rotatable bonds is 10. The van der Waals surface area contributed by atoms with Gasteiger partial charge in [0, 0.05) is 25.8 Å². The minimum Gasteiger partial charge on any atom is -0.497 e. The van der Waals surface area contributed by atoms with Crippen LogP contribution in [-0.2, 0) is 29.7 Å². The van der Waals surface area contributed by atoms with E-state index in [9.17, 15) is 18.3 Å². The largest absolute Gasteiger partial charge is 0.497 e. The van der Waals surface area contributed by atoms with Crippen LogP contribution in [0.5, 0.6) is 11.5 Å². The van der Waals surface area contributed by atoms with E-state index in [0.717, 1.165) is 24.0 Å². The Morgan fingerprint density at radius 2 is 1.56 bits per heavy atom. The number of aromatic nitrogens is 2. The number of benzene rings is 2. The normalized spacial score (nSPS) is 15.9. The first-order valence-electron chi connectivity index (χ1n) is 11.6. The summed E-state index contributed by atoms with van der Waals surface area (Å²) >= 11 is 0. The maximum absolute atomic E-state index is 13.7. The Morgan fingerprint density at radius 3 is 2.06 bits per heavy atom. The minimum absolute atomic E-state index is 0.0793. The Morgan fingerprint density at radius 1 is 1.00 bits per heavy atom. The van der Waals surface area contributed by atoms with E-state index >= 15 is 0 Å². The maximum Gasteiger partial charge on any atom is 0.407 e. The number of hydrogen-bond acceptors (Lipinski definition) is 6. The number of carboxylic acid groups (broad SMARTS) is 1. The predicted molar refractivity (Wildman–Crippen MR) is 132 cm³/mol. The van der Waals surface area contributed by atoms with Crippen molar-refractivity contribution in [1.29, 1.82) is 0 Å². The Kier molecular flexibility index (Phi) is 7.80. The quantitative estimate of drug-likeness (QED) is 0.441. The maximum atomic E-state index is 13.7. The van der Waals surface area contributed by atoms with Gasteiger partial charge in [-0.1, -0.05) is 24.3 Å².